The molecular weight excluding hydrogens is 332 g/mol. The van der Waals surface area contributed by atoms with Gasteiger partial charge in [0, 0.05) is 28.2 Å². The molecule has 21 heavy (non-hydrogen) atoms. The molecule has 4 nitrogen and oxygen atoms in total. The van der Waals surface area contributed by atoms with E-state index in [0.717, 1.165) is 23.0 Å². The van der Waals surface area contributed by atoms with E-state index in [0.29, 0.717) is 6.04 Å². The number of nitrogens with two attached hydrogens (primary N) is 1. The lowest BCUT2D eigenvalue weighted by molar-refractivity contribution is -0.150. The van der Waals surface area contributed by atoms with Crippen molar-refractivity contribution in [3.63, 3.8) is 0 Å². The molecule has 0 spiro atoms. The molecule has 2 bridgehead atoms. The molecule has 114 valence electrons. The second-order valence-corrected chi connectivity index (χ2v) is 6.99. The first-order valence-corrected chi connectivity index (χ1v) is 8.17. The van der Waals surface area contributed by atoms with E-state index < -0.39 is 0 Å². The Bertz CT molecular complexity index is 563. The summed E-state index contributed by atoms with van der Waals surface area (Å²) in [5.41, 5.74) is 7.78. The number of anilines is 1. The van der Waals surface area contributed by atoms with Crippen LogP contribution in [-0.2, 0) is 9.53 Å². The molecule has 2 aliphatic heterocycles. The van der Waals surface area contributed by atoms with Crippen molar-refractivity contribution in [1.82, 2.24) is 4.90 Å². The van der Waals surface area contributed by atoms with Gasteiger partial charge in [0.2, 0.25) is 0 Å². The van der Waals surface area contributed by atoms with Gasteiger partial charge in [-0.1, -0.05) is 6.07 Å². The van der Waals surface area contributed by atoms with Crippen LogP contribution in [0, 0.1) is 5.92 Å². The van der Waals surface area contributed by atoms with Crippen molar-refractivity contribution in [2.75, 3.05) is 19.9 Å². The van der Waals surface area contributed by atoms with Crippen LogP contribution < -0.4 is 5.73 Å². The fraction of sp³-hybridized carbons (Fsp3) is 0.562. The van der Waals surface area contributed by atoms with Gasteiger partial charge in [0.25, 0.3) is 0 Å². The van der Waals surface area contributed by atoms with Gasteiger partial charge in [-0.2, -0.15) is 0 Å². The number of halogens is 1. The third-order valence-electron chi connectivity index (χ3n) is 5.19. The van der Waals surface area contributed by atoms with Gasteiger partial charge >= 0.3 is 5.97 Å². The number of ether oxygens (including phenoxy) is 1. The highest BCUT2D eigenvalue weighted by molar-refractivity contribution is 9.10. The highest BCUT2D eigenvalue weighted by Gasteiger charge is 2.49. The molecule has 2 saturated heterocycles. The van der Waals surface area contributed by atoms with Crippen molar-refractivity contribution < 1.29 is 9.53 Å². The molecule has 0 amide bonds. The minimum Gasteiger partial charge on any atom is -0.469 e. The summed E-state index contributed by atoms with van der Waals surface area (Å²) >= 11 is 3.49. The van der Waals surface area contributed by atoms with E-state index in [1.54, 1.807) is 0 Å². The number of hydrogen-bond acceptors (Lipinski definition) is 4. The topological polar surface area (TPSA) is 55.6 Å². The number of nitrogen functional groups attached to an aromatic ring is 1. The van der Waals surface area contributed by atoms with Crippen LogP contribution >= 0.6 is 15.9 Å². The number of fused-ring (bicyclic) bond motifs is 2. The first-order valence-electron chi connectivity index (χ1n) is 7.37. The Kier molecular flexibility index (Phi) is 3.97. The van der Waals surface area contributed by atoms with E-state index in [-0.39, 0.29) is 23.8 Å². The first-order chi connectivity index (χ1) is 10.0. The number of carbonyl (C=O) groups is 1. The van der Waals surface area contributed by atoms with Gasteiger partial charge < -0.3 is 10.5 Å². The predicted molar refractivity (Wildman–Crippen MR) is 86.0 cm³/mol. The summed E-state index contributed by atoms with van der Waals surface area (Å²) in [5, 5.41) is 0. The van der Waals surface area contributed by atoms with Crippen LogP contribution in [0.15, 0.2) is 22.7 Å². The molecule has 2 heterocycles. The minimum absolute atomic E-state index is 0.0886. The molecule has 1 aromatic rings. The van der Waals surface area contributed by atoms with Crippen LogP contribution in [0.4, 0.5) is 5.69 Å². The lowest BCUT2D eigenvalue weighted by Crippen LogP contribution is -2.49. The summed E-state index contributed by atoms with van der Waals surface area (Å²) in [5.74, 6) is 0.0301. The number of methoxy groups -OCH3 is 1. The quantitative estimate of drug-likeness (QED) is 0.656. The zero-order valence-corrected chi connectivity index (χ0v) is 14.0. The van der Waals surface area contributed by atoms with Crippen LogP contribution in [-0.4, -0.2) is 37.1 Å². The van der Waals surface area contributed by atoms with Crippen molar-refractivity contribution >= 4 is 27.6 Å². The molecule has 1 aromatic carbocycles. The van der Waals surface area contributed by atoms with Crippen molar-refractivity contribution in [3.05, 3.63) is 28.2 Å². The fourth-order valence-corrected chi connectivity index (χ4v) is 4.44. The van der Waals surface area contributed by atoms with Gasteiger partial charge in [0.1, 0.15) is 0 Å². The maximum absolute atomic E-state index is 12.4. The molecule has 4 atom stereocenters. The average Bonchev–Trinajstić information content (AvgIpc) is 2.72. The molecular formula is C16H21BrN2O2. The molecule has 0 saturated carbocycles. The lowest BCUT2D eigenvalue weighted by atomic mass is 9.76. The monoisotopic (exact) mass is 352 g/mol. The van der Waals surface area contributed by atoms with Crippen molar-refractivity contribution in [2.24, 2.45) is 5.92 Å². The van der Waals surface area contributed by atoms with Crippen molar-refractivity contribution in [3.8, 4) is 0 Å². The summed E-state index contributed by atoms with van der Waals surface area (Å²) in [7, 11) is 3.62. The Hall–Kier alpha value is -1.07. The maximum Gasteiger partial charge on any atom is 0.310 e. The van der Waals surface area contributed by atoms with Crippen LogP contribution in [0.5, 0.6) is 0 Å². The van der Waals surface area contributed by atoms with Crippen LogP contribution in [0.1, 0.15) is 30.7 Å². The molecule has 2 aliphatic rings. The average molecular weight is 353 g/mol. The van der Waals surface area contributed by atoms with Gasteiger partial charge in [-0.15, -0.1) is 0 Å². The van der Waals surface area contributed by atoms with Gasteiger partial charge in [0.15, 0.2) is 0 Å². The molecule has 2 fully saturated rings. The Morgan fingerprint density at radius 1 is 1.43 bits per heavy atom. The second-order valence-electron chi connectivity index (χ2n) is 6.14. The van der Waals surface area contributed by atoms with Gasteiger partial charge in [-0.3, -0.25) is 9.69 Å². The Labute approximate surface area is 133 Å². The third-order valence-corrected chi connectivity index (χ3v) is 5.88. The largest absolute Gasteiger partial charge is 0.469 e. The number of rotatable bonds is 2. The smallest absolute Gasteiger partial charge is 0.310 e. The van der Waals surface area contributed by atoms with Crippen LogP contribution in [0.2, 0.25) is 0 Å². The molecule has 5 heteroatoms. The first kappa shape index (κ1) is 14.9. The normalized spacial score (nSPS) is 32.1. The van der Waals surface area contributed by atoms with Gasteiger partial charge in [-0.05, 0) is 59.9 Å². The zero-order chi connectivity index (χ0) is 15.1. The number of piperidine rings is 1. The summed E-state index contributed by atoms with van der Waals surface area (Å²) in [6.45, 7) is 0. The highest BCUT2D eigenvalue weighted by atomic mass is 79.9. The zero-order valence-electron chi connectivity index (χ0n) is 12.4. The number of esters is 1. The highest BCUT2D eigenvalue weighted by Crippen LogP contribution is 2.47. The standard InChI is InChI=1S/C16H21BrN2O2/c1-19-10-4-6-14(19)15(16(20)21-2)11(8-10)9-3-5-13(18)12(17)7-9/h3,5,7,10-11,14-15H,4,6,8,18H2,1-2H3/t10-,11+,14+,15-/m0/s1. The van der Waals surface area contributed by atoms with E-state index in [2.05, 4.69) is 33.9 Å². The molecule has 0 radical (unpaired) electrons. The van der Waals surface area contributed by atoms with Gasteiger partial charge in [-0.25, -0.2) is 0 Å². The summed E-state index contributed by atoms with van der Waals surface area (Å²) < 4.78 is 5.99. The summed E-state index contributed by atoms with van der Waals surface area (Å²) in [6.07, 6.45) is 3.25. The summed E-state index contributed by atoms with van der Waals surface area (Å²) in [4.78, 5) is 14.7. The Balaban J connectivity index is 1.98. The lowest BCUT2D eigenvalue weighted by Gasteiger charge is -2.41. The van der Waals surface area contributed by atoms with Gasteiger partial charge in [0.05, 0.1) is 13.0 Å². The molecule has 3 rings (SSSR count). The molecule has 0 aliphatic carbocycles. The van der Waals surface area contributed by atoms with Crippen molar-refractivity contribution in [1.29, 1.82) is 0 Å². The van der Waals surface area contributed by atoms with E-state index in [1.165, 1.54) is 19.1 Å². The fourth-order valence-electron chi connectivity index (χ4n) is 4.04. The summed E-state index contributed by atoms with van der Waals surface area (Å²) in [6, 6.07) is 6.87. The number of nitrogens with zero attached hydrogens (tertiary/aromatic N) is 1. The maximum atomic E-state index is 12.4. The van der Waals surface area contributed by atoms with E-state index >= 15 is 0 Å². The molecule has 2 N–H and O–H groups in total. The third kappa shape index (κ3) is 2.46. The molecule has 0 unspecified atom stereocenters. The molecule has 0 aromatic heterocycles. The minimum atomic E-state index is -0.0925. The Morgan fingerprint density at radius 2 is 2.19 bits per heavy atom. The van der Waals surface area contributed by atoms with E-state index in [9.17, 15) is 4.79 Å². The SMILES string of the molecule is COC(=O)[C@H]1[C@@H](c2ccc(N)c(Br)c2)C[C@@H]2CC[C@H]1N2C. The van der Waals surface area contributed by atoms with Crippen LogP contribution in [0.3, 0.4) is 0 Å². The number of carbonyl (C=O) groups excluding carboxylic acids is 1. The van der Waals surface area contributed by atoms with Crippen molar-refractivity contribution in [2.45, 2.75) is 37.3 Å². The van der Waals surface area contributed by atoms with E-state index in [1.807, 2.05) is 12.1 Å². The Morgan fingerprint density at radius 3 is 2.86 bits per heavy atom. The number of hydrogen-bond donors (Lipinski definition) is 1. The number of benzene rings is 1. The van der Waals surface area contributed by atoms with E-state index in [4.69, 9.17) is 10.5 Å². The van der Waals surface area contributed by atoms with Crippen LogP contribution in [0.25, 0.3) is 0 Å². The second kappa shape index (κ2) is 5.61. The predicted octanol–water partition coefficient (Wildman–Crippen LogP) is 2.77.